The molecule has 9 aromatic rings. The molecular formula is C56H53AuCl2F3N3O3P3S+3. The third-order valence-electron chi connectivity index (χ3n) is 10.3. The first-order valence-electron chi connectivity index (χ1n) is 21.9. The van der Waals surface area contributed by atoms with Gasteiger partial charge in [0.1, 0.15) is 71.5 Å². The minimum atomic E-state index is -6.09. The third-order valence-corrected chi connectivity index (χ3v) is 19.4. The Bertz CT molecular complexity index is 2650. The monoisotopic (exact) mass is 1260 g/mol. The maximum Gasteiger partial charge on any atom is 1.00 e. The molecule has 9 aromatic carbocycles. The molecule has 0 fully saturated rings. The predicted molar refractivity (Wildman–Crippen MR) is 305 cm³/mol. The Morgan fingerprint density at radius 1 is 0.361 bits per heavy atom. The van der Waals surface area contributed by atoms with Crippen molar-refractivity contribution in [2.45, 2.75) is 5.51 Å². The minimum absolute atomic E-state index is 0. The minimum Gasteiger partial charge on any atom is -0.741 e. The molecule has 0 unspecified atom stereocenters. The van der Waals surface area contributed by atoms with Gasteiger partial charge in [-0.05, 0) is 109 Å². The average Bonchev–Trinajstić information content (AvgIpc) is 3.38. The maximum absolute atomic E-state index is 10.7. The van der Waals surface area contributed by atoms with Crippen molar-refractivity contribution in [2.24, 2.45) is 0 Å². The summed E-state index contributed by atoms with van der Waals surface area (Å²) < 4.78 is 58.9. The van der Waals surface area contributed by atoms with Gasteiger partial charge in [0.2, 0.25) is 0 Å². The second-order valence-electron chi connectivity index (χ2n) is 15.1. The maximum atomic E-state index is 10.7. The smallest absolute Gasteiger partial charge is 0.741 e. The number of para-hydroxylation sites is 3. The Kier molecular flexibility index (Phi) is 25.2. The van der Waals surface area contributed by atoms with E-state index in [1.54, 1.807) is 0 Å². The van der Waals surface area contributed by atoms with E-state index in [-0.39, 0.29) is 27.7 Å². The van der Waals surface area contributed by atoms with Gasteiger partial charge in [0.15, 0.2) is 10.1 Å². The molecule has 0 radical (unpaired) electrons. The van der Waals surface area contributed by atoms with E-state index in [0.717, 1.165) is 17.1 Å². The van der Waals surface area contributed by atoms with Gasteiger partial charge in [0, 0.05) is 0 Å². The Hall–Kier alpha value is -5.31. The first-order chi connectivity index (χ1) is 34.2. The van der Waals surface area contributed by atoms with Crippen LogP contribution in [0.25, 0.3) is 0 Å². The summed E-state index contributed by atoms with van der Waals surface area (Å²) in [6.45, 7) is 0. The molecule has 0 bridgehead atoms. The van der Waals surface area contributed by atoms with Crippen molar-refractivity contribution in [1.82, 2.24) is 0 Å². The first-order valence-corrected chi connectivity index (χ1v) is 28.8. The molecule has 0 heterocycles. The fraction of sp³-hybridized carbons (Fsp3) is 0.0357. The molecule has 6 nitrogen and oxygen atoms in total. The van der Waals surface area contributed by atoms with Crippen molar-refractivity contribution in [2.75, 3.05) is 22.5 Å². The molecule has 0 saturated heterocycles. The molecule has 0 atom stereocenters. The molecule has 0 aliphatic heterocycles. The quantitative estimate of drug-likeness (QED) is 0.0329. The van der Waals surface area contributed by atoms with Gasteiger partial charge in [-0.15, -0.1) is 23.2 Å². The molecule has 0 aromatic heterocycles. The van der Waals surface area contributed by atoms with Gasteiger partial charge in [0.05, 0.1) is 22.4 Å². The van der Waals surface area contributed by atoms with Crippen LogP contribution < -0.4 is 64.9 Å². The van der Waals surface area contributed by atoms with Crippen molar-refractivity contribution in [3.05, 3.63) is 255 Å². The van der Waals surface area contributed by atoms with Crippen LogP contribution in [0.4, 0.5) is 30.2 Å². The number of nitrogen functional groups attached to an aromatic ring is 3. The van der Waals surface area contributed by atoms with E-state index in [1.165, 1.54) is 47.7 Å². The average molecular weight is 1270 g/mol. The number of alkyl halides is 5. The van der Waals surface area contributed by atoms with Crippen LogP contribution in [0.3, 0.4) is 0 Å². The zero-order valence-electron chi connectivity index (χ0n) is 38.5. The van der Waals surface area contributed by atoms with Gasteiger partial charge in [-0.2, -0.15) is 13.2 Å². The van der Waals surface area contributed by atoms with Gasteiger partial charge in [-0.3, -0.25) is 0 Å². The fourth-order valence-electron chi connectivity index (χ4n) is 7.24. The summed E-state index contributed by atoms with van der Waals surface area (Å²) >= 11 is 9.53. The Morgan fingerprint density at radius 3 is 0.639 bits per heavy atom. The summed E-state index contributed by atoms with van der Waals surface area (Å²) in [6, 6.07) is 88.6. The topological polar surface area (TPSA) is 135 Å². The van der Waals surface area contributed by atoms with E-state index in [0.29, 0.717) is 0 Å². The van der Waals surface area contributed by atoms with Crippen LogP contribution in [-0.4, -0.2) is 23.8 Å². The van der Waals surface area contributed by atoms with E-state index in [9.17, 15) is 13.2 Å². The Labute approximate surface area is 450 Å². The molecule has 0 amide bonds. The van der Waals surface area contributed by atoms with Crippen molar-refractivity contribution >= 4 is 122 Å². The molecule has 0 aliphatic rings. The number of nitrogens with two attached hydrogens (primary N) is 3. The predicted octanol–water partition coefficient (Wildman–Crippen LogP) is 9.75. The fourth-order valence-corrected chi connectivity index (χ4v) is 15.2. The number of hydrogen-bond donors (Lipinski definition) is 3. The van der Waals surface area contributed by atoms with E-state index in [2.05, 4.69) is 218 Å². The zero-order valence-corrected chi connectivity index (χ0v) is 46.0. The molecule has 0 saturated carbocycles. The van der Waals surface area contributed by atoms with Crippen LogP contribution in [0.15, 0.2) is 255 Å². The Balaban J connectivity index is 0.000000211. The van der Waals surface area contributed by atoms with Crippen LogP contribution in [0.1, 0.15) is 0 Å². The van der Waals surface area contributed by atoms with Gasteiger partial charge in [-0.25, -0.2) is 8.42 Å². The number of hydrogen-bond acceptors (Lipinski definition) is 6. The van der Waals surface area contributed by atoms with Gasteiger partial charge in [-0.1, -0.05) is 146 Å². The standard InChI is InChI=1S/3C18H16NP.CH2Cl2.CHF3O3S.Au/c3*19-17-13-7-8-14-18(17)20(15-9-3-1-4-10-15)16-11-5-2-6-12-16;2-1-3;2-1(3,4)8(5,6)7;/h3*1-14H,19H2;1H2;(H,5,6,7);/q;;;;;+1/p+2. The molecular weight excluding hydrogens is 1210 g/mol. The third kappa shape index (κ3) is 18.0. The van der Waals surface area contributed by atoms with Gasteiger partial charge in [0.25, 0.3) is 0 Å². The molecule has 9 rings (SSSR count). The summed E-state index contributed by atoms with van der Waals surface area (Å²) in [5, 5.41) is 12.1. The molecule has 6 N–H and O–H groups in total. The number of benzene rings is 9. The van der Waals surface area contributed by atoms with Crippen LogP contribution in [0, 0.1) is 0 Å². The van der Waals surface area contributed by atoms with Crippen molar-refractivity contribution in [1.29, 1.82) is 0 Å². The van der Waals surface area contributed by atoms with E-state index >= 15 is 0 Å². The Morgan fingerprint density at radius 2 is 0.500 bits per heavy atom. The molecule has 0 aliphatic carbocycles. The van der Waals surface area contributed by atoms with Crippen molar-refractivity contribution in [3.8, 4) is 0 Å². The van der Waals surface area contributed by atoms with E-state index in [1.807, 2.05) is 36.4 Å². The second-order valence-corrected chi connectivity index (χ2v) is 24.6. The molecule has 0 spiro atoms. The van der Waals surface area contributed by atoms with Crippen LogP contribution >= 0.6 is 47.0 Å². The van der Waals surface area contributed by atoms with Gasteiger partial charge < -0.3 is 21.8 Å². The summed E-state index contributed by atoms with van der Waals surface area (Å²) in [5.74, 6) is 0. The molecule has 374 valence electrons. The van der Waals surface area contributed by atoms with Crippen molar-refractivity contribution < 1.29 is 48.5 Å². The summed E-state index contributed by atoms with van der Waals surface area (Å²) in [5.41, 5.74) is 15.7. The van der Waals surface area contributed by atoms with E-state index < -0.39 is 39.4 Å². The molecule has 72 heavy (non-hydrogen) atoms. The number of anilines is 3. The summed E-state index contributed by atoms with van der Waals surface area (Å²) in [7, 11) is -9.19. The number of halogens is 5. The van der Waals surface area contributed by atoms with Crippen molar-refractivity contribution in [3.63, 3.8) is 0 Å². The molecule has 16 heteroatoms. The summed E-state index contributed by atoms with van der Waals surface area (Å²) in [6.07, 6.45) is 0. The zero-order chi connectivity index (χ0) is 51.1. The SMILES string of the molecule is ClCCl.Nc1ccccc1[PH+](c1ccccc1)c1ccccc1.Nc1ccccc1[PH+](c1ccccc1)c1ccccc1.Nc1ccccc1[PH+](c1ccccc1)c1ccccc1.O=S(=O)([O-])C(F)(F)F.[Au+]. The van der Waals surface area contributed by atoms with Gasteiger partial charge >= 0.3 is 27.9 Å². The largest absolute Gasteiger partial charge is 1.00 e. The number of rotatable bonds is 9. The van der Waals surface area contributed by atoms with E-state index in [4.69, 9.17) is 53.4 Å². The first kappa shape index (κ1) is 59.3. The second kappa shape index (κ2) is 30.7. The van der Waals surface area contributed by atoms with Crippen LogP contribution in [-0.2, 0) is 32.5 Å². The normalized spacial score (nSPS) is 10.7. The summed E-state index contributed by atoms with van der Waals surface area (Å²) in [4.78, 5) is 0. The van der Waals surface area contributed by atoms with Crippen LogP contribution in [0.2, 0.25) is 0 Å². The van der Waals surface area contributed by atoms with Crippen LogP contribution in [0.5, 0.6) is 0 Å².